The van der Waals surface area contributed by atoms with Crippen LogP contribution in [0.3, 0.4) is 0 Å². The minimum atomic E-state index is -0.716. The van der Waals surface area contributed by atoms with Gasteiger partial charge in [0.05, 0.1) is 65.9 Å². The van der Waals surface area contributed by atoms with Gasteiger partial charge in [0.2, 0.25) is 5.91 Å². The van der Waals surface area contributed by atoms with Crippen molar-refractivity contribution in [2.45, 2.75) is 85.0 Å². The first-order chi connectivity index (χ1) is 25.4. The molecule has 5 heterocycles. The van der Waals surface area contributed by atoms with Crippen LogP contribution in [0.5, 0.6) is 0 Å². The second-order valence-electron chi connectivity index (χ2n) is 13.8. The van der Waals surface area contributed by atoms with E-state index in [0.717, 1.165) is 61.8 Å². The maximum Gasteiger partial charge on any atom is 0.407 e. The number of carbonyl (C=O) groups is 3. The number of likely N-dealkylation sites (N-methyl/N-ethyl adjacent to an activating group) is 1. The molecule has 0 spiro atoms. The molecule has 1 aliphatic rings. The molecule has 0 bridgehead atoms. The SMILES string of the molecule is C=C([C@H](NC(=O)OC)C(C)C)N1CCC[C@H]1c1ncc(-c2ccc(-c3ccc(-c4cnc([C@H](CC)N(CC)C(=O)[C@H](NC(=O)OC)C(C)C)[nH]4)s3)s2)[nH]1.Cl.Cl. The van der Waals surface area contributed by atoms with Gasteiger partial charge in [-0.25, -0.2) is 19.6 Å². The fourth-order valence-corrected chi connectivity index (χ4v) is 8.89. The number of hydrogen-bond acceptors (Lipinski definition) is 10. The summed E-state index contributed by atoms with van der Waals surface area (Å²) in [4.78, 5) is 62.7. The van der Waals surface area contributed by atoms with Gasteiger partial charge < -0.3 is 39.9 Å². The number of halogens is 2. The summed E-state index contributed by atoms with van der Waals surface area (Å²) in [5.74, 6) is 1.43. The molecular formula is C38H54Cl2N8O5S2. The summed E-state index contributed by atoms with van der Waals surface area (Å²) in [5.41, 5.74) is 2.70. The van der Waals surface area contributed by atoms with Crippen molar-refractivity contribution in [1.29, 1.82) is 0 Å². The molecule has 1 saturated heterocycles. The van der Waals surface area contributed by atoms with Crippen molar-refractivity contribution in [2.75, 3.05) is 27.3 Å². The molecule has 4 N–H and O–H groups in total. The first-order valence-corrected chi connectivity index (χ1v) is 19.8. The van der Waals surface area contributed by atoms with E-state index in [1.165, 1.54) is 14.2 Å². The lowest BCUT2D eigenvalue weighted by Gasteiger charge is -2.34. The van der Waals surface area contributed by atoms with Crippen LogP contribution in [-0.4, -0.2) is 87.2 Å². The standard InChI is InChI=1S/C38H52N8O5S2.2ClH/c1-10-26(45(11-2)36(47)33(22(5)6)44-38(49)51-9)34-39-19-24(41-34)28-14-16-30(52-28)31-17-15-29(53-31)25-20-40-35(42-25)27-13-12-18-46(27)23(7)32(21(3)4)43-37(48)50-8;;/h14-17,19-22,26-27,32-33H,7,10-13,18H2,1-6,8-9H3,(H,39,41)(H,40,42)(H,43,48)(H,44,49);2*1H/t26-,27-,32+,33+;;/m0../s1. The molecule has 0 aromatic carbocycles. The van der Waals surface area contributed by atoms with Gasteiger partial charge in [-0.05, 0) is 62.3 Å². The fraction of sp³-hybridized carbons (Fsp3) is 0.500. The van der Waals surface area contributed by atoms with Gasteiger partial charge in [0, 0.05) is 28.5 Å². The number of amides is 3. The van der Waals surface area contributed by atoms with E-state index in [4.69, 9.17) is 19.4 Å². The third-order valence-electron chi connectivity index (χ3n) is 9.69. The number of aromatic amines is 2. The first kappa shape index (κ1) is 45.3. The van der Waals surface area contributed by atoms with E-state index < -0.39 is 18.2 Å². The van der Waals surface area contributed by atoms with Crippen molar-refractivity contribution in [1.82, 2.24) is 40.4 Å². The summed E-state index contributed by atoms with van der Waals surface area (Å²) in [6.07, 6.45) is 5.21. The lowest BCUT2D eigenvalue weighted by molar-refractivity contribution is -0.137. The average Bonchev–Trinajstić information content (AvgIpc) is 3.99. The highest BCUT2D eigenvalue weighted by Gasteiger charge is 2.35. The van der Waals surface area contributed by atoms with Gasteiger partial charge in [-0.1, -0.05) is 41.2 Å². The third kappa shape index (κ3) is 10.2. The minimum absolute atomic E-state index is 0. The maximum absolute atomic E-state index is 13.7. The Balaban J connectivity index is 0.00000406. The molecule has 0 radical (unpaired) electrons. The van der Waals surface area contributed by atoms with Crippen LogP contribution < -0.4 is 10.6 Å². The van der Waals surface area contributed by atoms with E-state index in [0.29, 0.717) is 18.8 Å². The highest BCUT2D eigenvalue weighted by Crippen LogP contribution is 2.41. The van der Waals surface area contributed by atoms with Crippen molar-refractivity contribution in [3.8, 4) is 30.9 Å². The second kappa shape index (κ2) is 20.2. The molecule has 4 aromatic rings. The number of carbonyl (C=O) groups excluding carboxylic acids is 3. The smallest absolute Gasteiger partial charge is 0.407 e. The predicted molar refractivity (Wildman–Crippen MR) is 224 cm³/mol. The average molecular weight is 838 g/mol. The van der Waals surface area contributed by atoms with Crippen LogP contribution in [0, 0.1) is 11.8 Å². The number of likely N-dealkylation sites (tertiary alicyclic amines) is 1. The largest absolute Gasteiger partial charge is 0.453 e. The topological polar surface area (TPSA) is 158 Å². The van der Waals surface area contributed by atoms with E-state index in [-0.39, 0.29) is 60.7 Å². The summed E-state index contributed by atoms with van der Waals surface area (Å²) >= 11 is 3.38. The van der Waals surface area contributed by atoms with Crippen LogP contribution in [0.1, 0.15) is 84.5 Å². The molecule has 0 saturated carbocycles. The number of thiophene rings is 2. The van der Waals surface area contributed by atoms with E-state index >= 15 is 0 Å². The Hall–Kier alpha value is -4.05. The Morgan fingerprint density at radius 2 is 1.40 bits per heavy atom. The van der Waals surface area contributed by atoms with E-state index in [1.54, 1.807) is 27.6 Å². The number of aromatic nitrogens is 4. The Morgan fingerprint density at radius 1 is 0.873 bits per heavy atom. The Bertz CT molecular complexity index is 1890. The summed E-state index contributed by atoms with van der Waals surface area (Å²) in [7, 11) is 2.66. The van der Waals surface area contributed by atoms with Crippen molar-refractivity contribution < 1.29 is 23.9 Å². The predicted octanol–water partition coefficient (Wildman–Crippen LogP) is 8.81. The number of hydrogen-bond donors (Lipinski definition) is 4. The molecule has 4 atom stereocenters. The highest BCUT2D eigenvalue weighted by atomic mass is 35.5. The van der Waals surface area contributed by atoms with E-state index in [1.807, 2.05) is 40.1 Å². The number of imidazole rings is 2. The Labute approximate surface area is 343 Å². The lowest BCUT2D eigenvalue weighted by Crippen LogP contribution is -2.52. The normalized spacial score (nSPS) is 15.5. The molecule has 5 rings (SSSR count). The summed E-state index contributed by atoms with van der Waals surface area (Å²) < 4.78 is 9.64. The number of nitrogens with zero attached hydrogens (tertiary/aromatic N) is 4. The fourth-order valence-electron chi connectivity index (χ4n) is 6.86. The summed E-state index contributed by atoms with van der Waals surface area (Å²) in [5, 5.41) is 5.64. The van der Waals surface area contributed by atoms with Gasteiger partial charge in [-0.2, -0.15) is 0 Å². The number of methoxy groups -OCH3 is 2. The van der Waals surface area contributed by atoms with Gasteiger partial charge >= 0.3 is 12.2 Å². The minimum Gasteiger partial charge on any atom is -0.453 e. The molecule has 55 heavy (non-hydrogen) atoms. The Morgan fingerprint density at radius 3 is 1.93 bits per heavy atom. The number of alkyl carbamates (subject to hydrolysis) is 2. The monoisotopic (exact) mass is 836 g/mol. The van der Waals surface area contributed by atoms with Crippen LogP contribution >= 0.6 is 47.5 Å². The zero-order chi connectivity index (χ0) is 38.4. The van der Waals surface area contributed by atoms with Crippen LogP contribution in [0.25, 0.3) is 30.9 Å². The van der Waals surface area contributed by atoms with Gasteiger partial charge in [0.1, 0.15) is 17.7 Å². The van der Waals surface area contributed by atoms with Crippen molar-refractivity contribution in [3.63, 3.8) is 0 Å². The van der Waals surface area contributed by atoms with E-state index in [2.05, 4.69) is 70.2 Å². The van der Waals surface area contributed by atoms with E-state index in [9.17, 15) is 14.4 Å². The number of nitrogens with one attached hydrogen (secondary N) is 4. The van der Waals surface area contributed by atoms with Crippen molar-refractivity contribution in [3.05, 3.63) is 60.6 Å². The maximum atomic E-state index is 13.7. The molecule has 13 nitrogen and oxygen atoms in total. The van der Waals surface area contributed by atoms with Gasteiger partial charge in [0.15, 0.2) is 0 Å². The van der Waals surface area contributed by atoms with Gasteiger partial charge in [0.25, 0.3) is 0 Å². The Kier molecular flexibility index (Phi) is 16.7. The summed E-state index contributed by atoms with van der Waals surface area (Å²) in [6.45, 7) is 17.6. The second-order valence-corrected chi connectivity index (χ2v) is 16.0. The lowest BCUT2D eigenvalue weighted by atomic mass is 10.00. The zero-order valence-electron chi connectivity index (χ0n) is 32.6. The highest BCUT2D eigenvalue weighted by molar-refractivity contribution is 7.25. The quantitative estimate of drug-likeness (QED) is 0.0926. The number of H-pyrrole nitrogens is 2. The van der Waals surface area contributed by atoms with Crippen LogP contribution in [0.15, 0.2) is 48.9 Å². The molecule has 302 valence electrons. The third-order valence-corrected chi connectivity index (χ3v) is 12.1. The van der Waals surface area contributed by atoms with Crippen molar-refractivity contribution in [2.24, 2.45) is 11.8 Å². The van der Waals surface area contributed by atoms with Gasteiger partial charge in [-0.3, -0.25) is 4.79 Å². The molecule has 1 aliphatic heterocycles. The molecule has 17 heteroatoms. The van der Waals surface area contributed by atoms with Crippen LogP contribution in [0.2, 0.25) is 0 Å². The van der Waals surface area contributed by atoms with Crippen LogP contribution in [-0.2, 0) is 14.3 Å². The molecular weight excluding hydrogens is 784 g/mol. The molecule has 0 aliphatic carbocycles. The molecule has 3 amide bonds. The first-order valence-electron chi connectivity index (χ1n) is 18.2. The number of rotatable bonds is 15. The van der Waals surface area contributed by atoms with Gasteiger partial charge in [-0.15, -0.1) is 47.5 Å². The molecule has 4 aromatic heterocycles. The van der Waals surface area contributed by atoms with Crippen molar-refractivity contribution >= 4 is 65.6 Å². The number of ether oxygens (including phenoxy) is 2. The van der Waals surface area contributed by atoms with Crippen LogP contribution in [0.4, 0.5) is 9.59 Å². The molecule has 1 fully saturated rings. The molecule has 0 unspecified atom stereocenters. The summed E-state index contributed by atoms with van der Waals surface area (Å²) in [6, 6.07) is 7.25. The zero-order valence-corrected chi connectivity index (χ0v) is 35.9.